The number of carbonyl (C=O) groups excluding carboxylic acids is 1. The van der Waals surface area contributed by atoms with Crippen LogP contribution in [0.15, 0.2) is 36.4 Å². The van der Waals surface area contributed by atoms with E-state index in [2.05, 4.69) is 49.8 Å². The van der Waals surface area contributed by atoms with Crippen LogP contribution < -0.4 is 10.2 Å². The number of carbonyl (C=O) groups is 1. The molecule has 0 unspecified atom stereocenters. The van der Waals surface area contributed by atoms with Crippen LogP contribution in [0.2, 0.25) is 5.02 Å². The summed E-state index contributed by atoms with van der Waals surface area (Å²) in [4.78, 5) is 16.4. The van der Waals surface area contributed by atoms with Crippen molar-refractivity contribution in [1.29, 1.82) is 0 Å². The van der Waals surface area contributed by atoms with Crippen LogP contribution in [0, 0.1) is 0 Å². The second kappa shape index (κ2) is 8.28. The molecular formula is C21H23ClN4O2S. The van der Waals surface area contributed by atoms with Crippen molar-refractivity contribution in [2.45, 2.75) is 12.8 Å². The van der Waals surface area contributed by atoms with E-state index >= 15 is 0 Å². The quantitative estimate of drug-likeness (QED) is 0.690. The van der Waals surface area contributed by atoms with Gasteiger partial charge in [-0.2, -0.15) is 4.37 Å². The van der Waals surface area contributed by atoms with E-state index in [9.17, 15) is 4.79 Å². The number of piperazine rings is 1. The van der Waals surface area contributed by atoms with Gasteiger partial charge in [-0.05, 0) is 47.3 Å². The normalized spacial score (nSPS) is 16.6. The SMILES string of the molecule is O.O=C1Cc2cc(CCN3CCN(c4nsc5ccccc45)CC3)c(Cl)cc2N1. The highest BCUT2D eigenvalue weighted by atomic mass is 35.5. The highest BCUT2D eigenvalue weighted by Crippen LogP contribution is 2.31. The molecule has 29 heavy (non-hydrogen) atoms. The number of amides is 1. The lowest BCUT2D eigenvalue weighted by molar-refractivity contribution is -0.115. The maximum atomic E-state index is 11.6. The van der Waals surface area contributed by atoms with Crippen molar-refractivity contribution in [2.24, 2.45) is 0 Å². The molecule has 2 aromatic carbocycles. The number of anilines is 2. The molecule has 1 amide bonds. The highest BCUT2D eigenvalue weighted by molar-refractivity contribution is 7.13. The van der Waals surface area contributed by atoms with Gasteiger partial charge in [-0.25, -0.2) is 0 Å². The van der Waals surface area contributed by atoms with Gasteiger partial charge in [0.05, 0.1) is 11.1 Å². The summed E-state index contributed by atoms with van der Waals surface area (Å²) >= 11 is 8.01. The monoisotopic (exact) mass is 430 g/mol. The number of benzene rings is 2. The van der Waals surface area contributed by atoms with Crippen LogP contribution in [0.5, 0.6) is 0 Å². The zero-order chi connectivity index (χ0) is 19.1. The minimum Gasteiger partial charge on any atom is -0.412 e. The van der Waals surface area contributed by atoms with E-state index in [1.807, 2.05) is 6.07 Å². The molecule has 152 valence electrons. The first-order valence-electron chi connectivity index (χ1n) is 9.60. The molecular weight excluding hydrogens is 408 g/mol. The van der Waals surface area contributed by atoms with Gasteiger partial charge in [0.1, 0.15) is 5.82 Å². The Balaban J connectivity index is 0.00000205. The Morgan fingerprint density at radius 3 is 2.76 bits per heavy atom. The minimum atomic E-state index is 0. The number of nitrogens with zero attached hydrogens (tertiary/aromatic N) is 3. The summed E-state index contributed by atoms with van der Waals surface area (Å²) in [6.07, 6.45) is 1.36. The lowest BCUT2D eigenvalue weighted by Gasteiger charge is -2.35. The van der Waals surface area contributed by atoms with Crippen LogP contribution in [-0.2, 0) is 17.6 Å². The fourth-order valence-corrected chi connectivity index (χ4v) is 5.11. The number of hydrogen-bond acceptors (Lipinski definition) is 5. The summed E-state index contributed by atoms with van der Waals surface area (Å²) in [5, 5.41) is 4.86. The molecule has 2 aliphatic heterocycles. The van der Waals surface area contributed by atoms with Gasteiger partial charge in [0.15, 0.2) is 0 Å². The van der Waals surface area contributed by atoms with Crippen molar-refractivity contribution in [3.05, 3.63) is 52.5 Å². The van der Waals surface area contributed by atoms with Crippen LogP contribution in [0.1, 0.15) is 11.1 Å². The molecule has 2 aliphatic rings. The molecule has 0 radical (unpaired) electrons. The number of nitrogens with one attached hydrogen (secondary N) is 1. The maximum Gasteiger partial charge on any atom is 0.228 e. The Bertz CT molecular complexity index is 1050. The molecule has 0 atom stereocenters. The third-order valence-electron chi connectivity index (χ3n) is 5.62. The molecule has 3 aromatic rings. The predicted molar refractivity (Wildman–Crippen MR) is 119 cm³/mol. The first-order valence-corrected chi connectivity index (χ1v) is 10.8. The summed E-state index contributed by atoms with van der Waals surface area (Å²) in [6, 6.07) is 12.4. The van der Waals surface area contributed by atoms with Crippen LogP contribution in [0.25, 0.3) is 10.1 Å². The predicted octanol–water partition coefficient (Wildman–Crippen LogP) is 2.98. The Labute approximate surface area is 178 Å². The standard InChI is InChI=1S/C21H21ClN4OS.H2O/c22-17-13-18-15(12-20(27)23-18)11-14(17)5-6-25-7-9-26(10-8-25)21-16-3-1-2-4-19(16)28-24-21;/h1-4,11,13H,5-10,12H2,(H,23,27);1H2. The molecule has 3 heterocycles. The molecule has 1 fully saturated rings. The lowest BCUT2D eigenvalue weighted by atomic mass is 10.1. The fourth-order valence-electron chi connectivity index (χ4n) is 4.05. The van der Waals surface area contributed by atoms with Crippen LogP contribution in [0.3, 0.4) is 0 Å². The smallest absolute Gasteiger partial charge is 0.228 e. The number of halogens is 1. The average Bonchev–Trinajstić information content (AvgIpc) is 3.29. The van der Waals surface area contributed by atoms with E-state index in [0.717, 1.165) is 66.8 Å². The van der Waals surface area contributed by atoms with Crippen molar-refractivity contribution in [1.82, 2.24) is 9.27 Å². The van der Waals surface area contributed by atoms with Gasteiger partial charge in [0.25, 0.3) is 0 Å². The molecule has 6 nitrogen and oxygen atoms in total. The average molecular weight is 431 g/mol. The van der Waals surface area contributed by atoms with Crippen LogP contribution in [0.4, 0.5) is 11.5 Å². The van der Waals surface area contributed by atoms with E-state index in [-0.39, 0.29) is 11.4 Å². The Hall–Kier alpha value is -2.19. The number of hydrogen-bond donors (Lipinski definition) is 1. The van der Waals surface area contributed by atoms with Gasteiger partial charge < -0.3 is 15.7 Å². The number of rotatable bonds is 4. The van der Waals surface area contributed by atoms with Crippen molar-refractivity contribution in [3.63, 3.8) is 0 Å². The van der Waals surface area contributed by atoms with Crippen molar-refractivity contribution < 1.29 is 10.3 Å². The largest absolute Gasteiger partial charge is 0.412 e. The van der Waals surface area contributed by atoms with E-state index < -0.39 is 0 Å². The molecule has 1 aromatic heterocycles. The summed E-state index contributed by atoms with van der Waals surface area (Å²) in [6.45, 7) is 5.00. The van der Waals surface area contributed by atoms with Crippen molar-refractivity contribution in [3.8, 4) is 0 Å². The van der Waals surface area contributed by atoms with Gasteiger partial charge in [0, 0.05) is 48.8 Å². The second-order valence-corrected chi connectivity index (χ2v) is 8.62. The highest BCUT2D eigenvalue weighted by Gasteiger charge is 2.22. The number of aromatic nitrogens is 1. The van der Waals surface area contributed by atoms with Gasteiger partial charge in [-0.15, -0.1) is 0 Å². The Morgan fingerprint density at radius 1 is 1.14 bits per heavy atom. The Kier molecular flexibility index (Phi) is 5.74. The van der Waals surface area contributed by atoms with Gasteiger partial charge in [0.2, 0.25) is 5.91 Å². The van der Waals surface area contributed by atoms with Gasteiger partial charge in [-0.1, -0.05) is 29.8 Å². The Morgan fingerprint density at radius 2 is 1.93 bits per heavy atom. The zero-order valence-electron chi connectivity index (χ0n) is 15.9. The van der Waals surface area contributed by atoms with E-state index in [1.54, 1.807) is 11.5 Å². The molecule has 1 saturated heterocycles. The summed E-state index contributed by atoms with van der Waals surface area (Å²) in [5.41, 5.74) is 3.05. The lowest BCUT2D eigenvalue weighted by Crippen LogP contribution is -2.47. The van der Waals surface area contributed by atoms with Crippen LogP contribution in [-0.4, -0.2) is 53.4 Å². The summed E-state index contributed by atoms with van der Waals surface area (Å²) < 4.78 is 5.94. The zero-order valence-corrected chi connectivity index (χ0v) is 17.5. The molecule has 0 bridgehead atoms. The third-order valence-corrected chi connectivity index (χ3v) is 6.79. The maximum absolute atomic E-state index is 11.6. The van der Waals surface area contributed by atoms with Crippen LogP contribution >= 0.6 is 23.1 Å². The second-order valence-electron chi connectivity index (χ2n) is 7.41. The third kappa shape index (κ3) is 3.96. The van der Waals surface area contributed by atoms with Crippen molar-refractivity contribution in [2.75, 3.05) is 42.9 Å². The minimum absolute atomic E-state index is 0. The summed E-state index contributed by atoms with van der Waals surface area (Å²) in [5.74, 6) is 1.17. The van der Waals surface area contributed by atoms with Gasteiger partial charge in [-0.3, -0.25) is 9.69 Å². The number of fused-ring (bicyclic) bond motifs is 2. The topological polar surface area (TPSA) is 80.0 Å². The fraction of sp³-hybridized carbons (Fsp3) is 0.333. The van der Waals surface area contributed by atoms with Crippen molar-refractivity contribution >= 4 is 50.6 Å². The first-order chi connectivity index (χ1) is 13.7. The van der Waals surface area contributed by atoms with E-state index in [0.29, 0.717) is 6.42 Å². The molecule has 8 heteroatoms. The van der Waals surface area contributed by atoms with Gasteiger partial charge >= 0.3 is 0 Å². The van der Waals surface area contributed by atoms with E-state index in [4.69, 9.17) is 11.6 Å². The molecule has 3 N–H and O–H groups in total. The summed E-state index contributed by atoms with van der Waals surface area (Å²) in [7, 11) is 0. The molecule has 0 aliphatic carbocycles. The molecule has 0 saturated carbocycles. The first kappa shape index (κ1) is 20.1. The van der Waals surface area contributed by atoms with E-state index in [1.165, 1.54) is 10.1 Å². The molecule has 5 rings (SSSR count). The molecule has 0 spiro atoms.